The van der Waals surface area contributed by atoms with Crippen LogP contribution in [-0.2, 0) is 52.5 Å². The molecule has 0 unspecified atom stereocenters. The van der Waals surface area contributed by atoms with Crippen molar-refractivity contribution in [1.29, 1.82) is 0 Å². The average Bonchev–Trinajstić information content (AvgIpc) is 3.25. The van der Waals surface area contributed by atoms with Crippen molar-refractivity contribution in [1.82, 2.24) is 26.6 Å². The van der Waals surface area contributed by atoms with E-state index < -0.39 is 30.0 Å². The highest BCUT2D eigenvalue weighted by atomic mass is 16.5. The van der Waals surface area contributed by atoms with E-state index in [0.29, 0.717) is 38.6 Å². The minimum absolute atomic E-state index is 0.113. The third kappa shape index (κ3) is 42.1. The number of carbonyl (C=O) groups is 7. The van der Waals surface area contributed by atoms with Crippen molar-refractivity contribution in [2.75, 3.05) is 79.5 Å². The molecule has 0 aromatic rings. The molecule has 19 heteroatoms. The maximum Gasteiger partial charge on any atom is 0.326 e. The summed E-state index contributed by atoms with van der Waals surface area (Å²) in [5.74, 6) is -3.84. The molecule has 64 heavy (non-hydrogen) atoms. The van der Waals surface area contributed by atoms with E-state index in [1.54, 1.807) is 7.05 Å². The summed E-state index contributed by atoms with van der Waals surface area (Å²) >= 11 is 0. The highest BCUT2D eigenvalue weighted by Gasteiger charge is 2.20. The van der Waals surface area contributed by atoms with Gasteiger partial charge in [-0.05, 0) is 52.0 Å². The van der Waals surface area contributed by atoms with Crippen LogP contribution in [0.1, 0.15) is 154 Å². The minimum Gasteiger partial charge on any atom is -0.481 e. The van der Waals surface area contributed by atoms with Crippen LogP contribution in [0.3, 0.4) is 0 Å². The van der Waals surface area contributed by atoms with Gasteiger partial charge in [0.2, 0.25) is 23.6 Å². The molecule has 0 radical (unpaired) electrons. The quantitative estimate of drug-likeness (QED) is 0.0399. The summed E-state index contributed by atoms with van der Waals surface area (Å²) in [6, 6.07) is -1.63. The first-order valence-electron chi connectivity index (χ1n) is 23.7. The summed E-state index contributed by atoms with van der Waals surface area (Å²) in [5.41, 5.74) is 0. The molecular weight excluding hydrogens is 835 g/mol. The Hall–Kier alpha value is -3.91. The van der Waals surface area contributed by atoms with Gasteiger partial charge in [0.15, 0.2) is 0 Å². The van der Waals surface area contributed by atoms with Crippen LogP contribution >= 0.6 is 0 Å². The number of likely N-dealkylation sites (N-methyl/N-ethyl adjacent to an activating group) is 1. The summed E-state index contributed by atoms with van der Waals surface area (Å²) in [5, 5.41) is 40.6. The second kappa shape index (κ2) is 44.3. The molecule has 0 spiro atoms. The van der Waals surface area contributed by atoms with Crippen molar-refractivity contribution >= 4 is 41.5 Å². The molecule has 0 aromatic heterocycles. The molecule has 0 aliphatic rings. The molecule has 0 bridgehead atoms. The van der Waals surface area contributed by atoms with Gasteiger partial charge in [0.1, 0.15) is 25.3 Å². The average molecular weight is 918 g/mol. The first kappa shape index (κ1) is 60.1. The molecule has 0 rings (SSSR count). The second-order valence-electron chi connectivity index (χ2n) is 16.0. The van der Waals surface area contributed by atoms with Crippen LogP contribution in [0.25, 0.3) is 0 Å². The zero-order chi connectivity index (χ0) is 47.3. The molecule has 8 N–H and O–H groups in total. The summed E-state index contributed by atoms with van der Waals surface area (Å²) in [4.78, 5) is 81.4. The molecule has 372 valence electrons. The molecule has 4 amide bonds. The van der Waals surface area contributed by atoms with E-state index in [1.165, 1.54) is 57.8 Å². The molecular formula is C45H83N5O14. The number of hydrogen-bond acceptors (Lipinski definition) is 12. The fraction of sp³-hybridized carbons (Fsp3) is 0.844. The maximum atomic E-state index is 12.4. The molecule has 0 aliphatic carbocycles. The zero-order valence-corrected chi connectivity index (χ0v) is 38.7. The molecule has 0 heterocycles. The van der Waals surface area contributed by atoms with Gasteiger partial charge < -0.3 is 60.9 Å². The number of amides is 4. The van der Waals surface area contributed by atoms with E-state index >= 15 is 0 Å². The van der Waals surface area contributed by atoms with Crippen molar-refractivity contribution < 1.29 is 67.8 Å². The number of carboxylic acids is 3. The Morgan fingerprint density at radius 1 is 0.391 bits per heavy atom. The summed E-state index contributed by atoms with van der Waals surface area (Å²) in [7, 11) is 1.60. The number of carbonyl (C=O) groups excluding carboxylic acids is 4. The molecule has 0 aromatic carbocycles. The second-order valence-corrected chi connectivity index (χ2v) is 16.0. The lowest BCUT2D eigenvalue weighted by atomic mass is 10.0. The fourth-order valence-corrected chi connectivity index (χ4v) is 6.61. The number of unbranched alkanes of at least 4 members (excludes halogenated alkanes) is 16. The van der Waals surface area contributed by atoms with Crippen LogP contribution in [0.4, 0.5) is 0 Å². The highest BCUT2D eigenvalue weighted by molar-refractivity contribution is 5.83. The van der Waals surface area contributed by atoms with Gasteiger partial charge in [0.25, 0.3) is 0 Å². The minimum atomic E-state index is -1.12. The lowest BCUT2D eigenvalue weighted by Gasteiger charge is -2.14. The van der Waals surface area contributed by atoms with Gasteiger partial charge in [-0.1, -0.05) is 89.9 Å². The summed E-state index contributed by atoms with van der Waals surface area (Å²) in [6.07, 6.45) is 20.9. The van der Waals surface area contributed by atoms with Gasteiger partial charge >= 0.3 is 17.9 Å². The smallest absolute Gasteiger partial charge is 0.326 e. The lowest BCUT2D eigenvalue weighted by Crippen LogP contribution is -2.40. The monoisotopic (exact) mass is 918 g/mol. The van der Waals surface area contributed by atoms with E-state index in [1.807, 2.05) is 0 Å². The van der Waals surface area contributed by atoms with Crippen LogP contribution in [-0.4, -0.2) is 148 Å². The van der Waals surface area contributed by atoms with Gasteiger partial charge in [-0.3, -0.25) is 28.8 Å². The number of carboxylic acid groups (broad SMARTS) is 3. The fourth-order valence-electron chi connectivity index (χ4n) is 6.61. The normalized spacial score (nSPS) is 12.0. The zero-order valence-electron chi connectivity index (χ0n) is 38.7. The van der Waals surface area contributed by atoms with Crippen LogP contribution in [0.15, 0.2) is 0 Å². The Morgan fingerprint density at radius 2 is 0.781 bits per heavy atom. The number of rotatable bonds is 48. The molecule has 0 saturated heterocycles. The molecule has 0 aliphatic heterocycles. The Balaban J connectivity index is 3.63. The standard InChI is InChI=1S/C45H83N5O14/c1-46-37(44(57)58)21-18-19-26-47-41(53)35-63-33-32-62-30-28-49-42(54)36-64-34-31-61-29-27-48-39(51)24-20-22-38(45(59)60)50-40(52)23-16-14-12-10-8-6-4-2-3-5-7-9-11-13-15-17-25-43(55)56/h37-38,46H,2-36H2,1H3,(H,47,53)(H,48,51)(H,49,54)(H,50,52)(H,55,56)(H,57,58)(H,59,60)/t37-,38-/m0/s1. The number of nitrogens with one attached hydrogen (secondary N) is 5. The first-order chi connectivity index (χ1) is 31.0. The molecule has 0 fully saturated rings. The first-order valence-corrected chi connectivity index (χ1v) is 23.7. The van der Waals surface area contributed by atoms with E-state index in [9.17, 15) is 38.7 Å². The molecule has 2 atom stereocenters. The van der Waals surface area contributed by atoms with Crippen molar-refractivity contribution in [3.8, 4) is 0 Å². The van der Waals surface area contributed by atoms with E-state index in [-0.39, 0.29) is 115 Å². The van der Waals surface area contributed by atoms with Gasteiger partial charge in [-0.25, -0.2) is 4.79 Å². The van der Waals surface area contributed by atoms with Gasteiger partial charge in [0, 0.05) is 38.9 Å². The Labute approximate surface area is 381 Å². The highest BCUT2D eigenvalue weighted by Crippen LogP contribution is 2.14. The number of ether oxygens (including phenoxy) is 4. The Kier molecular flexibility index (Phi) is 41.6. The Bertz CT molecular complexity index is 1240. The third-order valence-electron chi connectivity index (χ3n) is 10.3. The van der Waals surface area contributed by atoms with Gasteiger partial charge in [-0.15, -0.1) is 0 Å². The maximum absolute atomic E-state index is 12.4. The number of aliphatic carboxylic acids is 3. The van der Waals surface area contributed by atoms with Crippen molar-refractivity contribution in [3.05, 3.63) is 0 Å². The molecule has 0 saturated carbocycles. The Morgan fingerprint density at radius 3 is 1.23 bits per heavy atom. The largest absolute Gasteiger partial charge is 0.481 e. The lowest BCUT2D eigenvalue weighted by molar-refractivity contribution is -0.142. The van der Waals surface area contributed by atoms with E-state index in [2.05, 4.69) is 26.6 Å². The summed E-state index contributed by atoms with van der Waals surface area (Å²) < 4.78 is 21.3. The SMILES string of the molecule is CN[C@@H](CCCCNC(=O)COCCOCCNC(=O)COCCOCCNC(=O)CCC[C@H](NC(=O)CCCCCCCCCCCCCCCCCCC(=O)O)C(=O)O)C(=O)O. The third-order valence-corrected chi connectivity index (χ3v) is 10.3. The predicted molar refractivity (Wildman–Crippen MR) is 241 cm³/mol. The van der Waals surface area contributed by atoms with Crippen molar-refractivity contribution in [3.63, 3.8) is 0 Å². The van der Waals surface area contributed by atoms with Crippen LogP contribution in [0.5, 0.6) is 0 Å². The van der Waals surface area contributed by atoms with E-state index in [0.717, 1.165) is 38.5 Å². The topological polar surface area (TPSA) is 277 Å². The van der Waals surface area contributed by atoms with Crippen LogP contribution in [0, 0.1) is 0 Å². The van der Waals surface area contributed by atoms with Gasteiger partial charge in [0.05, 0.1) is 39.6 Å². The van der Waals surface area contributed by atoms with Gasteiger partial charge in [-0.2, -0.15) is 0 Å². The summed E-state index contributed by atoms with van der Waals surface area (Å²) in [6.45, 7) is 2.04. The van der Waals surface area contributed by atoms with Crippen LogP contribution in [0.2, 0.25) is 0 Å². The van der Waals surface area contributed by atoms with Crippen LogP contribution < -0.4 is 26.6 Å². The molecule has 19 nitrogen and oxygen atoms in total. The van der Waals surface area contributed by atoms with E-state index in [4.69, 9.17) is 29.2 Å². The van der Waals surface area contributed by atoms with Crippen molar-refractivity contribution in [2.45, 2.75) is 166 Å². The predicted octanol–water partition coefficient (Wildman–Crippen LogP) is 4.09. The van der Waals surface area contributed by atoms with Crippen molar-refractivity contribution in [2.24, 2.45) is 0 Å². The number of hydrogen-bond donors (Lipinski definition) is 8.